The van der Waals surface area contributed by atoms with Gasteiger partial charge >= 0.3 is 6.09 Å². The summed E-state index contributed by atoms with van der Waals surface area (Å²) in [5, 5.41) is 11.9. The molecule has 2 aliphatic heterocycles. The molecule has 7 nitrogen and oxygen atoms in total. The van der Waals surface area contributed by atoms with Gasteiger partial charge in [0.15, 0.2) is 0 Å². The topological polar surface area (TPSA) is 72.3 Å². The van der Waals surface area contributed by atoms with Crippen molar-refractivity contribution in [1.82, 2.24) is 25.0 Å². The molecule has 2 aliphatic rings. The van der Waals surface area contributed by atoms with Crippen LogP contribution in [0.1, 0.15) is 72.2 Å². The summed E-state index contributed by atoms with van der Waals surface area (Å²) >= 11 is 0. The number of carbonyl (C=O) groups is 1. The van der Waals surface area contributed by atoms with E-state index < -0.39 is 5.60 Å². The van der Waals surface area contributed by atoms with Crippen molar-refractivity contribution in [3.8, 4) is 0 Å². The highest BCUT2D eigenvalue weighted by Gasteiger charge is 2.44. The van der Waals surface area contributed by atoms with Gasteiger partial charge in [0, 0.05) is 24.2 Å². The Morgan fingerprint density at radius 2 is 1.96 bits per heavy atom. The molecule has 2 saturated heterocycles. The van der Waals surface area contributed by atoms with E-state index in [0.717, 1.165) is 31.5 Å². The molecule has 3 heterocycles. The number of carbonyl (C=O) groups excluding carboxylic acids is 1. The monoisotopic (exact) mass is 349 g/mol. The highest BCUT2D eigenvalue weighted by molar-refractivity contribution is 5.69. The van der Waals surface area contributed by atoms with Crippen LogP contribution >= 0.6 is 0 Å². The number of nitrogens with zero attached hydrogens (tertiary/aromatic N) is 4. The third-order valence-electron chi connectivity index (χ3n) is 5.09. The molecule has 2 atom stereocenters. The summed E-state index contributed by atoms with van der Waals surface area (Å²) in [6.45, 7) is 10.7. The lowest BCUT2D eigenvalue weighted by Gasteiger charge is -2.39. The van der Waals surface area contributed by atoms with E-state index >= 15 is 0 Å². The standard InChI is InChI=1S/C18H31N5O2/c1-12(2)22-11-20-21-16(22)10-19-13-8-14-6-7-15(9-13)23(14)17(24)25-18(3,4)5/h11-15,19H,6-10H2,1-5H3. The number of piperidine rings is 1. The van der Waals surface area contributed by atoms with Crippen LogP contribution in [0.5, 0.6) is 0 Å². The van der Waals surface area contributed by atoms with Gasteiger partial charge in [-0.15, -0.1) is 10.2 Å². The average Bonchev–Trinajstić information content (AvgIpc) is 3.06. The second-order valence-electron chi connectivity index (χ2n) is 8.57. The van der Waals surface area contributed by atoms with Crippen molar-refractivity contribution >= 4 is 6.09 Å². The number of ether oxygens (including phenoxy) is 1. The van der Waals surface area contributed by atoms with Crippen molar-refractivity contribution in [2.45, 2.75) is 96.6 Å². The predicted molar refractivity (Wildman–Crippen MR) is 95.2 cm³/mol. The van der Waals surface area contributed by atoms with Crippen LogP contribution in [0.3, 0.4) is 0 Å². The van der Waals surface area contributed by atoms with Crippen molar-refractivity contribution in [2.24, 2.45) is 0 Å². The molecule has 1 N–H and O–H groups in total. The van der Waals surface area contributed by atoms with Crippen LogP contribution < -0.4 is 5.32 Å². The van der Waals surface area contributed by atoms with Gasteiger partial charge in [-0.2, -0.15) is 0 Å². The summed E-state index contributed by atoms with van der Waals surface area (Å²) < 4.78 is 7.69. The third-order valence-corrected chi connectivity index (χ3v) is 5.09. The van der Waals surface area contributed by atoms with E-state index in [2.05, 4.69) is 33.9 Å². The maximum Gasteiger partial charge on any atom is 0.410 e. The van der Waals surface area contributed by atoms with Crippen LogP contribution in [0.2, 0.25) is 0 Å². The van der Waals surface area contributed by atoms with Crippen LogP contribution in [-0.2, 0) is 11.3 Å². The van der Waals surface area contributed by atoms with Gasteiger partial charge in [-0.3, -0.25) is 0 Å². The van der Waals surface area contributed by atoms with Crippen molar-refractivity contribution in [3.63, 3.8) is 0 Å². The van der Waals surface area contributed by atoms with Gasteiger partial charge in [-0.05, 0) is 60.3 Å². The fraction of sp³-hybridized carbons (Fsp3) is 0.833. The van der Waals surface area contributed by atoms with Crippen LogP contribution in [-0.4, -0.2) is 49.5 Å². The number of fused-ring (bicyclic) bond motifs is 2. The Kier molecular flexibility index (Phi) is 5.04. The van der Waals surface area contributed by atoms with Gasteiger partial charge in [0.1, 0.15) is 17.8 Å². The largest absolute Gasteiger partial charge is 0.444 e. The Morgan fingerprint density at radius 1 is 1.32 bits per heavy atom. The molecule has 1 aromatic heterocycles. The first kappa shape index (κ1) is 18.2. The maximum absolute atomic E-state index is 12.5. The second-order valence-corrected chi connectivity index (χ2v) is 8.57. The van der Waals surface area contributed by atoms with E-state index in [-0.39, 0.29) is 18.2 Å². The minimum atomic E-state index is -0.438. The zero-order valence-corrected chi connectivity index (χ0v) is 16.0. The summed E-state index contributed by atoms with van der Waals surface area (Å²) in [7, 11) is 0. The molecule has 2 unspecified atom stereocenters. The molecule has 7 heteroatoms. The first-order valence-electron chi connectivity index (χ1n) is 9.37. The summed E-state index contributed by atoms with van der Waals surface area (Å²) in [5.41, 5.74) is -0.438. The number of rotatable bonds is 4. The van der Waals surface area contributed by atoms with E-state index in [0.29, 0.717) is 18.6 Å². The molecule has 0 saturated carbocycles. The molecule has 0 spiro atoms. The highest BCUT2D eigenvalue weighted by atomic mass is 16.6. The van der Waals surface area contributed by atoms with Gasteiger partial charge in [-0.1, -0.05) is 0 Å². The summed E-state index contributed by atoms with van der Waals surface area (Å²) in [6, 6.07) is 1.34. The Morgan fingerprint density at radius 3 is 2.52 bits per heavy atom. The Bertz CT molecular complexity index is 593. The summed E-state index contributed by atoms with van der Waals surface area (Å²) in [5.74, 6) is 0.969. The van der Waals surface area contributed by atoms with E-state index in [1.807, 2.05) is 25.7 Å². The van der Waals surface area contributed by atoms with Gasteiger partial charge in [0.25, 0.3) is 0 Å². The van der Waals surface area contributed by atoms with Gasteiger partial charge in [-0.25, -0.2) is 4.79 Å². The molecule has 25 heavy (non-hydrogen) atoms. The zero-order valence-electron chi connectivity index (χ0n) is 16.0. The van der Waals surface area contributed by atoms with Crippen molar-refractivity contribution < 1.29 is 9.53 Å². The molecule has 1 aromatic rings. The molecule has 2 bridgehead atoms. The van der Waals surface area contributed by atoms with Crippen LogP contribution in [0.4, 0.5) is 4.79 Å². The van der Waals surface area contributed by atoms with E-state index in [9.17, 15) is 4.79 Å². The van der Waals surface area contributed by atoms with Crippen LogP contribution in [0.15, 0.2) is 6.33 Å². The molecule has 0 aliphatic carbocycles. The first-order chi connectivity index (χ1) is 11.7. The summed E-state index contributed by atoms with van der Waals surface area (Å²) in [4.78, 5) is 14.5. The van der Waals surface area contributed by atoms with Gasteiger partial charge in [0.2, 0.25) is 0 Å². The van der Waals surface area contributed by atoms with E-state index in [1.54, 1.807) is 6.33 Å². The normalized spacial score (nSPS) is 26.3. The number of amides is 1. The Balaban J connectivity index is 1.57. The predicted octanol–water partition coefficient (Wildman–Crippen LogP) is 2.88. The maximum atomic E-state index is 12.5. The Hall–Kier alpha value is -1.63. The Labute approximate surface area is 150 Å². The van der Waals surface area contributed by atoms with Crippen LogP contribution in [0.25, 0.3) is 0 Å². The molecule has 1 amide bonds. The molecule has 3 rings (SSSR count). The lowest BCUT2D eigenvalue weighted by Crippen LogP contribution is -2.52. The lowest BCUT2D eigenvalue weighted by atomic mass is 9.97. The fourth-order valence-electron chi connectivity index (χ4n) is 4.02. The van der Waals surface area contributed by atoms with Crippen molar-refractivity contribution in [2.75, 3.05) is 0 Å². The molecule has 0 radical (unpaired) electrons. The number of hydrogen-bond donors (Lipinski definition) is 1. The average molecular weight is 349 g/mol. The second kappa shape index (κ2) is 6.94. The third kappa shape index (κ3) is 4.14. The van der Waals surface area contributed by atoms with E-state index in [1.165, 1.54) is 0 Å². The zero-order chi connectivity index (χ0) is 18.2. The number of hydrogen-bond acceptors (Lipinski definition) is 5. The number of aromatic nitrogens is 3. The molecule has 0 aromatic carbocycles. The minimum Gasteiger partial charge on any atom is -0.444 e. The minimum absolute atomic E-state index is 0.155. The SMILES string of the molecule is CC(C)n1cnnc1CNC1CC2CCC(C1)N2C(=O)OC(C)(C)C. The van der Waals surface area contributed by atoms with Gasteiger partial charge in [0.05, 0.1) is 6.54 Å². The lowest BCUT2D eigenvalue weighted by molar-refractivity contribution is 0.00461. The smallest absolute Gasteiger partial charge is 0.410 e. The molecular weight excluding hydrogens is 318 g/mol. The molecular formula is C18H31N5O2. The summed E-state index contributed by atoms with van der Waals surface area (Å²) in [6.07, 6.45) is 5.74. The molecule has 140 valence electrons. The van der Waals surface area contributed by atoms with E-state index in [4.69, 9.17) is 4.74 Å². The van der Waals surface area contributed by atoms with Crippen LogP contribution in [0, 0.1) is 0 Å². The van der Waals surface area contributed by atoms with Gasteiger partial charge < -0.3 is 19.5 Å². The molecule has 2 fully saturated rings. The highest BCUT2D eigenvalue weighted by Crippen LogP contribution is 2.36. The quantitative estimate of drug-likeness (QED) is 0.905. The fourth-order valence-corrected chi connectivity index (χ4v) is 4.02. The van der Waals surface area contributed by atoms with Crippen molar-refractivity contribution in [1.29, 1.82) is 0 Å². The number of nitrogens with one attached hydrogen (secondary N) is 1. The first-order valence-corrected chi connectivity index (χ1v) is 9.37. The van der Waals surface area contributed by atoms with Crippen molar-refractivity contribution in [3.05, 3.63) is 12.2 Å².